The van der Waals surface area contributed by atoms with Gasteiger partial charge in [0.15, 0.2) is 0 Å². The monoisotopic (exact) mass is 324 g/mol. The van der Waals surface area contributed by atoms with Gasteiger partial charge in [0.1, 0.15) is 50.3 Å². The van der Waals surface area contributed by atoms with Crippen LogP contribution in [0.4, 0.5) is 0 Å². The highest BCUT2D eigenvalue weighted by Crippen LogP contribution is 2.13. The van der Waals surface area contributed by atoms with E-state index in [4.69, 9.17) is 9.47 Å². The van der Waals surface area contributed by atoms with Gasteiger partial charge < -0.3 is 24.2 Å². The molecule has 3 atom stereocenters. The molecule has 1 saturated heterocycles. The highest BCUT2D eigenvalue weighted by Gasteiger charge is 2.27. The van der Waals surface area contributed by atoms with Crippen molar-refractivity contribution in [1.82, 2.24) is 0 Å². The summed E-state index contributed by atoms with van der Waals surface area (Å²) < 4.78 is 15.9. The van der Waals surface area contributed by atoms with Crippen LogP contribution < -0.4 is 9.64 Å². The lowest BCUT2D eigenvalue weighted by Gasteiger charge is -2.33. The molecule has 23 heavy (non-hydrogen) atoms. The van der Waals surface area contributed by atoms with Crippen molar-refractivity contribution in [3.63, 3.8) is 0 Å². The maximum absolute atomic E-state index is 11.3. The number of morpholine rings is 1. The van der Waals surface area contributed by atoms with E-state index < -0.39 is 6.10 Å². The van der Waals surface area contributed by atoms with Crippen molar-refractivity contribution in [2.24, 2.45) is 0 Å². The van der Waals surface area contributed by atoms with E-state index in [0.717, 1.165) is 13.1 Å². The van der Waals surface area contributed by atoms with Crippen LogP contribution in [0.5, 0.6) is 5.75 Å². The van der Waals surface area contributed by atoms with Gasteiger partial charge in [-0.05, 0) is 38.1 Å². The minimum atomic E-state index is -0.539. The Morgan fingerprint density at radius 2 is 1.91 bits per heavy atom. The third-order valence-corrected chi connectivity index (χ3v) is 3.86. The largest absolute Gasteiger partial charge is 0.491 e. The molecule has 0 bridgehead atoms. The van der Waals surface area contributed by atoms with E-state index in [1.165, 1.54) is 12.0 Å². The molecule has 0 aliphatic carbocycles. The standard InChI is InChI=1S/C17H25NO5/c1-12-8-18(9-13(2)23-12)10-15(19)11-22-16-6-4-14(5-7-16)17(20)21-3/h4-7,12-13,15,19H,8-11H2,1-3H3/p+1/t12-,13-,15-/m0/s1. The maximum atomic E-state index is 11.3. The molecular formula is C17H26NO5+. The molecule has 1 aromatic carbocycles. The summed E-state index contributed by atoms with van der Waals surface area (Å²) in [5, 5.41) is 10.2. The molecule has 0 amide bonds. The number of hydrogen-bond acceptors (Lipinski definition) is 5. The number of quaternary nitrogens is 1. The number of methoxy groups -OCH3 is 1. The van der Waals surface area contributed by atoms with Crippen molar-refractivity contribution in [3.05, 3.63) is 29.8 Å². The lowest BCUT2D eigenvalue weighted by molar-refractivity contribution is -0.918. The van der Waals surface area contributed by atoms with E-state index >= 15 is 0 Å². The van der Waals surface area contributed by atoms with E-state index in [9.17, 15) is 9.90 Å². The Morgan fingerprint density at radius 1 is 1.30 bits per heavy atom. The Bertz CT molecular complexity index is 494. The van der Waals surface area contributed by atoms with E-state index in [0.29, 0.717) is 17.9 Å². The zero-order chi connectivity index (χ0) is 16.8. The van der Waals surface area contributed by atoms with Crippen LogP contribution in [-0.4, -0.2) is 62.7 Å². The van der Waals surface area contributed by atoms with Gasteiger partial charge in [-0.3, -0.25) is 0 Å². The minimum absolute atomic E-state index is 0.215. The van der Waals surface area contributed by atoms with Crippen LogP contribution in [0, 0.1) is 0 Å². The lowest BCUT2D eigenvalue weighted by Crippen LogP contribution is -3.16. The second-order valence-corrected chi connectivity index (χ2v) is 6.10. The topological polar surface area (TPSA) is 69.4 Å². The second kappa shape index (κ2) is 8.29. The molecule has 0 unspecified atom stereocenters. The van der Waals surface area contributed by atoms with Crippen molar-refractivity contribution in [2.75, 3.05) is 33.4 Å². The van der Waals surface area contributed by atoms with Gasteiger partial charge in [-0.2, -0.15) is 0 Å². The third kappa shape index (κ3) is 5.49. The van der Waals surface area contributed by atoms with Gasteiger partial charge in [-0.1, -0.05) is 0 Å². The zero-order valence-electron chi connectivity index (χ0n) is 14.0. The molecular weight excluding hydrogens is 298 g/mol. The first-order valence-corrected chi connectivity index (χ1v) is 7.96. The summed E-state index contributed by atoms with van der Waals surface area (Å²) in [4.78, 5) is 12.7. The van der Waals surface area contributed by atoms with Crippen molar-refractivity contribution >= 4 is 5.97 Å². The summed E-state index contributed by atoms with van der Waals surface area (Å²) >= 11 is 0. The molecule has 0 saturated carbocycles. The van der Waals surface area contributed by atoms with E-state index in [-0.39, 0.29) is 24.8 Å². The maximum Gasteiger partial charge on any atom is 0.337 e. The van der Waals surface area contributed by atoms with Crippen LogP contribution in [0.25, 0.3) is 0 Å². The van der Waals surface area contributed by atoms with Gasteiger partial charge in [0.25, 0.3) is 0 Å². The molecule has 0 spiro atoms. The van der Waals surface area contributed by atoms with Gasteiger partial charge >= 0.3 is 5.97 Å². The van der Waals surface area contributed by atoms with Gasteiger partial charge in [-0.15, -0.1) is 0 Å². The Morgan fingerprint density at radius 3 is 2.48 bits per heavy atom. The number of aliphatic hydroxyl groups is 1. The minimum Gasteiger partial charge on any atom is -0.491 e. The second-order valence-electron chi connectivity index (χ2n) is 6.10. The number of hydrogen-bond donors (Lipinski definition) is 2. The third-order valence-electron chi connectivity index (χ3n) is 3.86. The van der Waals surface area contributed by atoms with E-state index in [1.54, 1.807) is 24.3 Å². The first kappa shape index (κ1) is 17.7. The van der Waals surface area contributed by atoms with Crippen molar-refractivity contribution in [2.45, 2.75) is 32.2 Å². The fourth-order valence-electron chi connectivity index (χ4n) is 2.95. The number of nitrogens with one attached hydrogen (secondary N) is 1. The molecule has 1 aliphatic rings. The number of aliphatic hydroxyl groups excluding tert-OH is 1. The predicted molar refractivity (Wildman–Crippen MR) is 84.9 cm³/mol. The first-order chi connectivity index (χ1) is 11.0. The molecule has 1 fully saturated rings. The van der Waals surface area contributed by atoms with Crippen LogP contribution in [0.1, 0.15) is 24.2 Å². The molecule has 1 aliphatic heterocycles. The smallest absolute Gasteiger partial charge is 0.337 e. The van der Waals surface area contributed by atoms with Gasteiger partial charge in [0.2, 0.25) is 0 Å². The molecule has 1 heterocycles. The fraction of sp³-hybridized carbons (Fsp3) is 0.588. The summed E-state index contributed by atoms with van der Waals surface area (Å²) in [6.45, 7) is 6.77. The van der Waals surface area contributed by atoms with Crippen LogP contribution in [-0.2, 0) is 9.47 Å². The van der Waals surface area contributed by atoms with E-state index in [2.05, 4.69) is 18.6 Å². The molecule has 6 heteroatoms. The summed E-state index contributed by atoms with van der Waals surface area (Å²) in [7, 11) is 1.35. The number of rotatable bonds is 6. The van der Waals surface area contributed by atoms with Crippen LogP contribution in [0.15, 0.2) is 24.3 Å². The normalized spacial score (nSPS) is 25.7. The molecule has 0 aromatic heterocycles. The lowest BCUT2D eigenvalue weighted by atomic mass is 10.2. The van der Waals surface area contributed by atoms with Crippen LogP contribution >= 0.6 is 0 Å². The molecule has 1 aromatic rings. The van der Waals surface area contributed by atoms with E-state index in [1.807, 2.05) is 0 Å². The molecule has 2 N–H and O–H groups in total. The molecule has 128 valence electrons. The number of esters is 1. The number of carbonyl (C=O) groups is 1. The van der Waals surface area contributed by atoms with Crippen molar-refractivity contribution in [3.8, 4) is 5.75 Å². The van der Waals surface area contributed by atoms with Crippen LogP contribution in [0.2, 0.25) is 0 Å². The molecule has 6 nitrogen and oxygen atoms in total. The molecule has 0 radical (unpaired) electrons. The average molecular weight is 324 g/mol. The average Bonchev–Trinajstić information content (AvgIpc) is 2.51. The summed E-state index contributed by atoms with van der Waals surface area (Å²) in [5.41, 5.74) is 0.473. The number of ether oxygens (including phenoxy) is 3. The summed E-state index contributed by atoms with van der Waals surface area (Å²) in [5.74, 6) is 0.242. The highest BCUT2D eigenvalue weighted by atomic mass is 16.5. The van der Waals surface area contributed by atoms with Gasteiger partial charge in [0.05, 0.1) is 12.7 Å². The highest BCUT2D eigenvalue weighted by molar-refractivity contribution is 5.89. The molecule has 2 rings (SSSR count). The number of benzene rings is 1. The quantitative estimate of drug-likeness (QED) is 0.716. The Labute approximate surface area is 136 Å². The summed E-state index contributed by atoms with van der Waals surface area (Å²) in [6, 6.07) is 6.68. The van der Waals surface area contributed by atoms with Crippen molar-refractivity contribution in [1.29, 1.82) is 0 Å². The Balaban J connectivity index is 1.77. The fourth-order valence-corrected chi connectivity index (χ4v) is 2.95. The number of carbonyl (C=O) groups excluding carboxylic acids is 1. The Kier molecular flexibility index (Phi) is 6.38. The SMILES string of the molecule is COC(=O)c1ccc(OC[C@@H](O)C[NH+]2C[C@H](C)O[C@@H](C)C2)cc1. The van der Waals surface area contributed by atoms with Gasteiger partial charge in [-0.25, -0.2) is 4.79 Å². The Hall–Kier alpha value is -1.63. The predicted octanol–water partition coefficient (Wildman–Crippen LogP) is -0.0950. The first-order valence-electron chi connectivity index (χ1n) is 7.96. The summed E-state index contributed by atoms with van der Waals surface area (Å²) in [6.07, 6.45) is -0.108. The van der Waals surface area contributed by atoms with Gasteiger partial charge in [0, 0.05) is 0 Å². The van der Waals surface area contributed by atoms with Crippen molar-refractivity contribution < 1.29 is 29.0 Å². The van der Waals surface area contributed by atoms with Crippen LogP contribution in [0.3, 0.4) is 0 Å². The zero-order valence-corrected chi connectivity index (χ0v) is 14.0.